The van der Waals surface area contributed by atoms with E-state index in [4.69, 9.17) is 10.5 Å². The van der Waals surface area contributed by atoms with Crippen molar-refractivity contribution in [3.05, 3.63) is 51.9 Å². The van der Waals surface area contributed by atoms with Gasteiger partial charge in [0.1, 0.15) is 15.9 Å². The quantitative estimate of drug-likeness (QED) is 0.379. The molecule has 29 heavy (non-hydrogen) atoms. The van der Waals surface area contributed by atoms with E-state index in [0.717, 1.165) is 33.5 Å². The number of aryl methyl sites for hydroxylation is 1. The maximum absolute atomic E-state index is 12.3. The van der Waals surface area contributed by atoms with Gasteiger partial charge in [-0.2, -0.15) is 5.26 Å². The van der Waals surface area contributed by atoms with Crippen molar-refractivity contribution in [1.82, 2.24) is 14.6 Å². The number of fused-ring (bicyclic) bond motifs is 3. The summed E-state index contributed by atoms with van der Waals surface area (Å²) in [6.07, 6.45) is 0. The standard InChI is InChI=1S/C20H17N5O2S2/c1-3-27-19(26)17-14(13(9-21)18(22)29-17)10-28-20-24-23-16-8-11(2)12-6-4-5-7-15(12)25(16)20/h4-8H,3,10,22H2,1-2H3. The number of esters is 1. The van der Waals surface area contributed by atoms with Gasteiger partial charge in [0.15, 0.2) is 10.8 Å². The van der Waals surface area contributed by atoms with Crippen molar-refractivity contribution in [2.45, 2.75) is 24.8 Å². The second-order valence-electron chi connectivity index (χ2n) is 6.29. The van der Waals surface area contributed by atoms with Gasteiger partial charge in [0.05, 0.1) is 17.7 Å². The van der Waals surface area contributed by atoms with Crippen LogP contribution in [0.2, 0.25) is 0 Å². The van der Waals surface area contributed by atoms with E-state index in [-0.39, 0.29) is 6.61 Å². The van der Waals surface area contributed by atoms with E-state index < -0.39 is 5.97 Å². The zero-order valence-electron chi connectivity index (χ0n) is 15.8. The Labute approximate surface area is 175 Å². The highest BCUT2D eigenvalue weighted by molar-refractivity contribution is 7.98. The molecular weight excluding hydrogens is 406 g/mol. The number of hydrogen-bond acceptors (Lipinski definition) is 8. The number of nitrogens with zero attached hydrogens (tertiary/aromatic N) is 4. The van der Waals surface area contributed by atoms with Crippen molar-refractivity contribution in [3.63, 3.8) is 0 Å². The molecule has 0 amide bonds. The van der Waals surface area contributed by atoms with Crippen molar-refractivity contribution in [3.8, 4) is 6.07 Å². The number of rotatable bonds is 5. The molecule has 0 bridgehead atoms. The van der Waals surface area contributed by atoms with Crippen LogP contribution in [0.5, 0.6) is 0 Å². The lowest BCUT2D eigenvalue weighted by molar-refractivity contribution is 0.0531. The second kappa shape index (κ2) is 7.73. The Hall–Kier alpha value is -3.09. The zero-order valence-corrected chi connectivity index (χ0v) is 17.4. The molecule has 3 heterocycles. The van der Waals surface area contributed by atoms with Gasteiger partial charge in [-0.25, -0.2) is 4.79 Å². The minimum Gasteiger partial charge on any atom is -0.462 e. The Morgan fingerprint density at radius 3 is 2.93 bits per heavy atom. The number of ether oxygens (including phenoxy) is 1. The maximum atomic E-state index is 12.3. The Bertz CT molecular complexity index is 1290. The highest BCUT2D eigenvalue weighted by Gasteiger charge is 2.23. The van der Waals surface area contributed by atoms with Crippen LogP contribution in [0.25, 0.3) is 16.6 Å². The number of carbonyl (C=O) groups is 1. The first-order valence-electron chi connectivity index (χ1n) is 8.89. The van der Waals surface area contributed by atoms with Gasteiger partial charge in [-0.3, -0.25) is 4.40 Å². The van der Waals surface area contributed by atoms with E-state index in [1.54, 1.807) is 6.92 Å². The van der Waals surface area contributed by atoms with E-state index in [9.17, 15) is 10.1 Å². The van der Waals surface area contributed by atoms with Crippen LogP contribution in [0.15, 0.2) is 35.5 Å². The first-order valence-corrected chi connectivity index (χ1v) is 10.7. The molecule has 0 fully saturated rings. The molecule has 0 aliphatic carbocycles. The smallest absolute Gasteiger partial charge is 0.348 e. The molecule has 7 nitrogen and oxygen atoms in total. The first kappa shape index (κ1) is 19.2. The minimum atomic E-state index is -0.464. The number of carbonyl (C=O) groups excluding carboxylic acids is 1. The molecule has 2 N–H and O–H groups in total. The fourth-order valence-electron chi connectivity index (χ4n) is 3.21. The van der Waals surface area contributed by atoms with E-state index in [0.29, 0.717) is 31.9 Å². The summed E-state index contributed by atoms with van der Waals surface area (Å²) in [6, 6.07) is 12.2. The maximum Gasteiger partial charge on any atom is 0.348 e. The largest absolute Gasteiger partial charge is 0.462 e. The molecule has 0 aliphatic rings. The lowest BCUT2D eigenvalue weighted by Crippen LogP contribution is -2.05. The lowest BCUT2D eigenvalue weighted by Gasteiger charge is -2.08. The number of anilines is 1. The zero-order chi connectivity index (χ0) is 20.5. The monoisotopic (exact) mass is 423 g/mol. The SMILES string of the molecule is CCOC(=O)c1sc(N)c(C#N)c1CSc1nnc2cc(C)c3ccccc3n12. The molecule has 0 spiro atoms. The van der Waals surface area contributed by atoms with Gasteiger partial charge < -0.3 is 10.5 Å². The second-order valence-corrected chi connectivity index (χ2v) is 8.29. The highest BCUT2D eigenvalue weighted by Crippen LogP contribution is 2.36. The summed E-state index contributed by atoms with van der Waals surface area (Å²) in [5.74, 6) is -0.109. The number of nitrogens with two attached hydrogens (primary N) is 1. The molecule has 9 heteroatoms. The first-order chi connectivity index (χ1) is 14.0. The summed E-state index contributed by atoms with van der Waals surface area (Å²) in [6.45, 7) is 4.04. The van der Waals surface area contributed by atoms with Crippen LogP contribution < -0.4 is 5.73 Å². The molecule has 4 rings (SSSR count). The summed E-state index contributed by atoms with van der Waals surface area (Å²) >= 11 is 2.49. The minimum absolute atomic E-state index is 0.255. The molecule has 0 aliphatic heterocycles. The molecule has 4 aromatic rings. The highest BCUT2D eigenvalue weighted by atomic mass is 32.2. The summed E-state index contributed by atoms with van der Waals surface area (Å²) in [5.41, 5.74) is 9.74. The number of benzene rings is 1. The van der Waals surface area contributed by atoms with Crippen molar-refractivity contribution in [2.75, 3.05) is 12.3 Å². The van der Waals surface area contributed by atoms with Crippen LogP contribution in [-0.4, -0.2) is 27.2 Å². The van der Waals surface area contributed by atoms with Crippen molar-refractivity contribution in [1.29, 1.82) is 5.26 Å². The van der Waals surface area contributed by atoms with Crippen LogP contribution in [0.4, 0.5) is 5.00 Å². The molecule has 0 saturated carbocycles. The summed E-state index contributed by atoms with van der Waals surface area (Å²) < 4.78 is 7.11. The molecule has 0 radical (unpaired) electrons. The van der Waals surface area contributed by atoms with Crippen LogP contribution in [0, 0.1) is 18.3 Å². The van der Waals surface area contributed by atoms with E-state index in [1.165, 1.54) is 11.8 Å². The van der Waals surface area contributed by atoms with Crippen molar-refractivity contribution >= 4 is 50.6 Å². The van der Waals surface area contributed by atoms with E-state index in [1.807, 2.05) is 35.6 Å². The topological polar surface area (TPSA) is 106 Å². The molecular formula is C20H17N5O2S2. The van der Waals surface area contributed by atoms with Crippen LogP contribution in [-0.2, 0) is 10.5 Å². The van der Waals surface area contributed by atoms with Crippen LogP contribution >= 0.6 is 23.1 Å². The summed E-state index contributed by atoms with van der Waals surface area (Å²) in [7, 11) is 0. The van der Waals surface area contributed by atoms with Crippen LogP contribution in [0.3, 0.4) is 0 Å². The molecule has 146 valence electrons. The van der Waals surface area contributed by atoms with Gasteiger partial charge in [-0.05, 0) is 31.5 Å². The summed E-state index contributed by atoms with van der Waals surface area (Å²) in [5, 5.41) is 20.2. The fraction of sp³-hybridized carbons (Fsp3) is 0.200. The third kappa shape index (κ3) is 3.30. The third-order valence-electron chi connectivity index (χ3n) is 4.53. The number of nitrogen functional groups attached to an aromatic ring is 1. The summed E-state index contributed by atoms with van der Waals surface area (Å²) in [4.78, 5) is 12.7. The Kier molecular flexibility index (Phi) is 5.13. The van der Waals surface area contributed by atoms with Gasteiger partial charge in [0, 0.05) is 16.7 Å². The molecule has 1 aromatic carbocycles. The predicted octanol–water partition coefficient (Wildman–Crippen LogP) is 4.18. The van der Waals surface area contributed by atoms with Crippen molar-refractivity contribution < 1.29 is 9.53 Å². The average Bonchev–Trinajstić information content (AvgIpc) is 3.27. The Morgan fingerprint density at radius 2 is 2.17 bits per heavy atom. The van der Waals surface area contributed by atoms with Gasteiger partial charge in [0.25, 0.3) is 0 Å². The molecule has 3 aromatic heterocycles. The number of thiophene rings is 1. The Morgan fingerprint density at radius 1 is 1.38 bits per heavy atom. The molecule has 0 unspecified atom stereocenters. The van der Waals surface area contributed by atoms with Gasteiger partial charge in [-0.1, -0.05) is 30.0 Å². The van der Waals surface area contributed by atoms with E-state index >= 15 is 0 Å². The number of para-hydroxylation sites is 1. The fourth-order valence-corrected chi connectivity index (χ4v) is 5.22. The predicted molar refractivity (Wildman–Crippen MR) is 114 cm³/mol. The number of hydrogen-bond donors (Lipinski definition) is 1. The number of thioether (sulfide) groups is 1. The van der Waals surface area contributed by atoms with Gasteiger partial charge in [-0.15, -0.1) is 21.5 Å². The Balaban J connectivity index is 1.76. The van der Waals surface area contributed by atoms with Crippen LogP contribution in [0.1, 0.15) is 33.3 Å². The number of pyridine rings is 1. The van der Waals surface area contributed by atoms with Crippen molar-refractivity contribution in [2.24, 2.45) is 0 Å². The lowest BCUT2D eigenvalue weighted by atomic mass is 10.1. The average molecular weight is 424 g/mol. The number of nitriles is 1. The molecule has 0 atom stereocenters. The normalized spacial score (nSPS) is 11.1. The number of aromatic nitrogens is 3. The van der Waals surface area contributed by atoms with Gasteiger partial charge in [0.2, 0.25) is 0 Å². The third-order valence-corrected chi connectivity index (χ3v) is 6.52. The van der Waals surface area contributed by atoms with E-state index in [2.05, 4.69) is 22.3 Å². The van der Waals surface area contributed by atoms with Gasteiger partial charge >= 0.3 is 5.97 Å². The molecule has 0 saturated heterocycles.